The fourth-order valence-electron chi connectivity index (χ4n) is 2.08. The molecule has 0 radical (unpaired) electrons. The highest BCUT2D eigenvalue weighted by molar-refractivity contribution is 7.19. The number of aryl methyl sites for hydroxylation is 3. The third-order valence-electron chi connectivity index (χ3n) is 2.73. The maximum atomic E-state index is 6.11. The highest BCUT2D eigenvalue weighted by Gasteiger charge is 2.13. The molecule has 90 valence electrons. The Bertz CT molecular complexity index is 538. The third-order valence-corrected chi connectivity index (χ3v) is 4.09. The zero-order valence-electron chi connectivity index (χ0n) is 10.2. The number of thiazole rings is 1. The Hall–Kier alpha value is -0.900. The Morgan fingerprint density at radius 3 is 2.29 bits per heavy atom. The summed E-state index contributed by atoms with van der Waals surface area (Å²) in [5.74, 6) is 0. The van der Waals surface area contributed by atoms with Crippen LogP contribution < -0.4 is 5.73 Å². The van der Waals surface area contributed by atoms with Crippen molar-refractivity contribution in [2.24, 2.45) is 5.73 Å². The SMILES string of the molecule is Cc1cc(C)c(-c2nc(CN)c(Cl)s2)c(C)c1. The maximum absolute atomic E-state index is 6.11. The van der Waals surface area contributed by atoms with E-state index in [1.807, 2.05) is 0 Å². The molecule has 2 nitrogen and oxygen atoms in total. The van der Waals surface area contributed by atoms with Crippen LogP contribution in [0.15, 0.2) is 12.1 Å². The number of nitrogens with two attached hydrogens (primary N) is 1. The van der Waals surface area contributed by atoms with Gasteiger partial charge in [0, 0.05) is 12.1 Å². The molecular weight excluding hydrogens is 252 g/mol. The molecule has 1 aromatic carbocycles. The van der Waals surface area contributed by atoms with Gasteiger partial charge in [0.15, 0.2) is 0 Å². The molecule has 0 atom stereocenters. The van der Waals surface area contributed by atoms with Gasteiger partial charge >= 0.3 is 0 Å². The highest BCUT2D eigenvalue weighted by atomic mass is 35.5. The second-order valence-electron chi connectivity index (χ2n) is 4.22. The van der Waals surface area contributed by atoms with Gasteiger partial charge in [-0.3, -0.25) is 0 Å². The minimum atomic E-state index is 0.388. The van der Waals surface area contributed by atoms with E-state index in [1.165, 1.54) is 33.6 Å². The monoisotopic (exact) mass is 266 g/mol. The van der Waals surface area contributed by atoms with Crippen LogP contribution in [0.25, 0.3) is 10.6 Å². The third kappa shape index (κ3) is 2.37. The lowest BCUT2D eigenvalue weighted by Gasteiger charge is -2.08. The largest absolute Gasteiger partial charge is 0.325 e. The summed E-state index contributed by atoms with van der Waals surface area (Å²) in [6.45, 7) is 6.70. The van der Waals surface area contributed by atoms with Crippen LogP contribution in [0.2, 0.25) is 4.34 Å². The van der Waals surface area contributed by atoms with E-state index in [9.17, 15) is 0 Å². The molecule has 2 N–H and O–H groups in total. The van der Waals surface area contributed by atoms with Gasteiger partial charge in [-0.15, -0.1) is 11.3 Å². The smallest absolute Gasteiger partial charge is 0.125 e. The van der Waals surface area contributed by atoms with Crippen molar-refractivity contribution in [3.63, 3.8) is 0 Å². The van der Waals surface area contributed by atoms with Gasteiger partial charge in [0.2, 0.25) is 0 Å². The molecule has 17 heavy (non-hydrogen) atoms. The minimum Gasteiger partial charge on any atom is -0.325 e. The molecular formula is C13H15ClN2S. The fraction of sp³-hybridized carbons (Fsp3) is 0.308. The lowest BCUT2D eigenvalue weighted by Crippen LogP contribution is -1.97. The van der Waals surface area contributed by atoms with Crippen LogP contribution in [0.5, 0.6) is 0 Å². The molecule has 0 unspecified atom stereocenters. The Balaban J connectivity index is 2.60. The van der Waals surface area contributed by atoms with E-state index in [-0.39, 0.29) is 0 Å². The molecule has 0 fully saturated rings. The number of aromatic nitrogens is 1. The molecule has 0 aliphatic heterocycles. The number of nitrogens with zero attached hydrogens (tertiary/aromatic N) is 1. The first-order chi connectivity index (χ1) is 8.02. The topological polar surface area (TPSA) is 38.9 Å². The van der Waals surface area contributed by atoms with Crippen LogP contribution in [0, 0.1) is 20.8 Å². The van der Waals surface area contributed by atoms with E-state index in [0.717, 1.165) is 10.7 Å². The molecule has 2 aromatic rings. The molecule has 1 heterocycles. The molecule has 4 heteroatoms. The lowest BCUT2D eigenvalue weighted by molar-refractivity contribution is 1.01. The van der Waals surface area contributed by atoms with Crippen LogP contribution in [0.3, 0.4) is 0 Å². The molecule has 2 rings (SSSR count). The summed E-state index contributed by atoms with van der Waals surface area (Å²) in [7, 11) is 0. The van der Waals surface area contributed by atoms with E-state index in [2.05, 4.69) is 37.9 Å². The van der Waals surface area contributed by atoms with Crippen molar-refractivity contribution in [3.05, 3.63) is 38.9 Å². The van der Waals surface area contributed by atoms with Crippen molar-refractivity contribution in [1.29, 1.82) is 0 Å². The van der Waals surface area contributed by atoms with E-state index in [4.69, 9.17) is 17.3 Å². The van der Waals surface area contributed by atoms with Crippen LogP contribution in [0.4, 0.5) is 0 Å². The van der Waals surface area contributed by atoms with E-state index in [1.54, 1.807) is 0 Å². The quantitative estimate of drug-likeness (QED) is 0.897. The highest BCUT2D eigenvalue weighted by Crippen LogP contribution is 2.35. The number of hydrogen-bond donors (Lipinski definition) is 1. The van der Waals surface area contributed by atoms with Crippen molar-refractivity contribution < 1.29 is 0 Å². The second-order valence-corrected chi connectivity index (χ2v) is 5.82. The average molecular weight is 267 g/mol. The van der Waals surface area contributed by atoms with E-state index in [0.29, 0.717) is 10.9 Å². The fourth-order valence-corrected chi connectivity index (χ4v) is 3.42. The Kier molecular flexibility index (Phi) is 3.52. The molecule has 0 aliphatic rings. The number of rotatable bonds is 2. The normalized spacial score (nSPS) is 10.9. The van der Waals surface area contributed by atoms with Gasteiger partial charge in [0.05, 0.1) is 5.69 Å². The minimum absolute atomic E-state index is 0.388. The van der Waals surface area contributed by atoms with Crippen molar-refractivity contribution >= 4 is 22.9 Å². The number of hydrogen-bond acceptors (Lipinski definition) is 3. The zero-order chi connectivity index (χ0) is 12.6. The van der Waals surface area contributed by atoms with Crippen LogP contribution in [0.1, 0.15) is 22.4 Å². The van der Waals surface area contributed by atoms with Gasteiger partial charge < -0.3 is 5.73 Å². The molecule has 0 amide bonds. The lowest BCUT2D eigenvalue weighted by atomic mass is 10.0. The predicted molar refractivity (Wildman–Crippen MR) is 74.7 cm³/mol. The Morgan fingerprint density at radius 2 is 1.82 bits per heavy atom. The zero-order valence-corrected chi connectivity index (χ0v) is 11.7. The van der Waals surface area contributed by atoms with Crippen LogP contribution in [-0.2, 0) is 6.54 Å². The summed E-state index contributed by atoms with van der Waals surface area (Å²) in [6.07, 6.45) is 0. The first-order valence-electron chi connectivity index (χ1n) is 5.46. The summed E-state index contributed by atoms with van der Waals surface area (Å²) in [5, 5.41) is 0.963. The molecule has 1 aromatic heterocycles. The molecule has 0 spiro atoms. The second kappa shape index (κ2) is 4.77. The molecule has 0 saturated heterocycles. The standard InChI is InChI=1S/C13H15ClN2S/c1-7-4-8(2)11(9(3)5-7)13-16-10(6-15)12(14)17-13/h4-5H,6,15H2,1-3H3. The summed E-state index contributed by atoms with van der Waals surface area (Å²) < 4.78 is 0.696. The number of benzene rings is 1. The summed E-state index contributed by atoms with van der Waals surface area (Å²) in [4.78, 5) is 4.51. The Labute approximate surface area is 110 Å². The first-order valence-corrected chi connectivity index (χ1v) is 6.66. The van der Waals surface area contributed by atoms with Crippen LogP contribution >= 0.6 is 22.9 Å². The molecule has 0 saturated carbocycles. The van der Waals surface area contributed by atoms with Gasteiger partial charge in [-0.25, -0.2) is 4.98 Å². The van der Waals surface area contributed by atoms with Gasteiger partial charge in [-0.2, -0.15) is 0 Å². The van der Waals surface area contributed by atoms with Crippen molar-refractivity contribution in [3.8, 4) is 10.6 Å². The maximum Gasteiger partial charge on any atom is 0.125 e. The molecule has 0 aliphatic carbocycles. The van der Waals surface area contributed by atoms with E-state index >= 15 is 0 Å². The van der Waals surface area contributed by atoms with Crippen molar-refractivity contribution in [2.45, 2.75) is 27.3 Å². The number of halogens is 1. The summed E-state index contributed by atoms with van der Waals surface area (Å²) in [5.41, 5.74) is 11.3. The first kappa shape index (κ1) is 12.6. The van der Waals surface area contributed by atoms with Gasteiger partial charge in [0.25, 0.3) is 0 Å². The average Bonchev–Trinajstić information content (AvgIpc) is 2.57. The van der Waals surface area contributed by atoms with E-state index < -0.39 is 0 Å². The van der Waals surface area contributed by atoms with Crippen molar-refractivity contribution in [1.82, 2.24) is 4.98 Å². The summed E-state index contributed by atoms with van der Waals surface area (Å²) >= 11 is 7.61. The summed E-state index contributed by atoms with van der Waals surface area (Å²) in [6, 6.07) is 4.33. The van der Waals surface area contributed by atoms with Crippen LogP contribution in [-0.4, -0.2) is 4.98 Å². The van der Waals surface area contributed by atoms with Gasteiger partial charge in [-0.05, 0) is 31.9 Å². The van der Waals surface area contributed by atoms with Gasteiger partial charge in [-0.1, -0.05) is 29.3 Å². The van der Waals surface area contributed by atoms with Crippen molar-refractivity contribution in [2.75, 3.05) is 0 Å². The Morgan fingerprint density at radius 1 is 1.24 bits per heavy atom. The predicted octanol–water partition coefficient (Wildman–Crippen LogP) is 3.85. The van der Waals surface area contributed by atoms with Gasteiger partial charge in [0.1, 0.15) is 9.34 Å². The molecule has 0 bridgehead atoms.